The summed E-state index contributed by atoms with van der Waals surface area (Å²) in [5.74, 6) is 1.08. The summed E-state index contributed by atoms with van der Waals surface area (Å²) in [5.41, 5.74) is 1.59. The molecule has 0 spiro atoms. The fraction of sp³-hybridized carbons (Fsp3) is 0.286. The van der Waals surface area contributed by atoms with Crippen molar-refractivity contribution in [3.8, 4) is 0 Å². The molecule has 4 nitrogen and oxygen atoms in total. The molecule has 0 amide bonds. The minimum absolute atomic E-state index is 0.0977. The Morgan fingerprint density at radius 1 is 1.04 bits per heavy atom. The zero-order valence-electron chi connectivity index (χ0n) is 14.4. The van der Waals surface area contributed by atoms with Crippen molar-refractivity contribution in [2.24, 2.45) is 5.10 Å². The molecular formula is C21H20BrN3O. The predicted molar refractivity (Wildman–Crippen MR) is 109 cm³/mol. The van der Waals surface area contributed by atoms with Crippen LogP contribution in [0, 0.1) is 0 Å². The molecule has 3 aromatic rings. The van der Waals surface area contributed by atoms with Gasteiger partial charge in [0.15, 0.2) is 0 Å². The summed E-state index contributed by atoms with van der Waals surface area (Å²) in [6.07, 6.45) is 7.48. The van der Waals surface area contributed by atoms with E-state index >= 15 is 0 Å². The molecule has 1 fully saturated rings. The van der Waals surface area contributed by atoms with Gasteiger partial charge in [-0.3, -0.25) is 4.79 Å². The standard InChI is InChI=1S/C21H20BrN3O/c22-18-12-6-4-10-16(18)14-23-25-20(15-8-2-1-3-9-15)24-19-13-7-5-11-17(19)21(25)26/h4-7,10-15H,1-3,8-9H2. The number of benzene rings is 2. The zero-order valence-corrected chi connectivity index (χ0v) is 16.0. The fourth-order valence-corrected chi connectivity index (χ4v) is 3.96. The SMILES string of the molecule is O=c1c2ccccc2nc(C2CCCCC2)n1N=Cc1ccccc1Br. The van der Waals surface area contributed by atoms with Crippen molar-refractivity contribution in [1.29, 1.82) is 0 Å². The molecule has 0 radical (unpaired) electrons. The minimum Gasteiger partial charge on any atom is -0.267 e. The van der Waals surface area contributed by atoms with Crippen LogP contribution in [-0.2, 0) is 0 Å². The maximum absolute atomic E-state index is 13.1. The zero-order chi connectivity index (χ0) is 17.9. The van der Waals surface area contributed by atoms with Gasteiger partial charge in [-0.25, -0.2) is 4.98 Å². The van der Waals surface area contributed by atoms with Gasteiger partial charge in [-0.1, -0.05) is 65.5 Å². The summed E-state index contributed by atoms with van der Waals surface area (Å²) in [7, 11) is 0. The number of hydrogen-bond donors (Lipinski definition) is 0. The summed E-state index contributed by atoms with van der Waals surface area (Å²) >= 11 is 3.53. The Morgan fingerprint density at radius 2 is 1.77 bits per heavy atom. The van der Waals surface area contributed by atoms with Gasteiger partial charge in [0, 0.05) is 16.0 Å². The summed E-state index contributed by atoms with van der Waals surface area (Å²) in [6.45, 7) is 0. The van der Waals surface area contributed by atoms with Crippen molar-refractivity contribution in [2.75, 3.05) is 0 Å². The number of hydrogen-bond acceptors (Lipinski definition) is 3. The van der Waals surface area contributed by atoms with Gasteiger partial charge in [0.1, 0.15) is 5.82 Å². The first-order chi connectivity index (χ1) is 12.7. The lowest BCUT2D eigenvalue weighted by Crippen LogP contribution is -2.25. The van der Waals surface area contributed by atoms with Crippen LogP contribution in [0.3, 0.4) is 0 Å². The lowest BCUT2D eigenvalue weighted by Gasteiger charge is -2.22. The Hall–Kier alpha value is -2.27. The molecule has 1 aromatic heterocycles. The Morgan fingerprint density at radius 3 is 2.58 bits per heavy atom. The van der Waals surface area contributed by atoms with Gasteiger partial charge in [-0.05, 0) is 31.0 Å². The van der Waals surface area contributed by atoms with Crippen molar-refractivity contribution in [2.45, 2.75) is 38.0 Å². The minimum atomic E-state index is -0.0977. The van der Waals surface area contributed by atoms with Crippen LogP contribution in [0.15, 0.2) is 62.9 Å². The highest BCUT2D eigenvalue weighted by Gasteiger charge is 2.22. The number of halogens is 1. The third kappa shape index (κ3) is 3.36. The number of rotatable bonds is 3. The fourth-order valence-electron chi connectivity index (χ4n) is 3.58. The molecule has 2 aromatic carbocycles. The Kier molecular flexibility index (Phi) is 4.98. The molecule has 5 heteroatoms. The maximum Gasteiger partial charge on any atom is 0.282 e. The molecule has 0 atom stereocenters. The second-order valence-corrected chi connectivity index (χ2v) is 7.56. The average molecular weight is 410 g/mol. The van der Waals surface area contributed by atoms with Crippen molar-refractivity contribution in [3.05, 3.63) is 74.7 Å². The molecule has 4 rings (SSSR count). The summed E-state index contributed by atoms with van der Waals surface area (Å²) in [5, 5.41) is 5.16. The molecule has 0 bridgehead atoms. The molecule has 1 saturated carbocycles. The van der Waals surface area contributed by atoms with Crippen LogP contribution >= 0.6 is 15.9 Å². The van der Waals surface area contributed by atoms with E-state index in [2.05, 4.69) is 21.0 Å². The number of aromatic nitrogens is 2. The molecular weight excluding hydrogens is 390 g/mol. The van der Waals surface area contributed by atoms with E-state index in [1.807, 2.05) is 48.5 Å². The van der Waals surface area contributed by atoms with Crippen molar-refractivity contribution in [1.82, 2.24) is 9.66 Å². The van der Waals surface area contributed by atoms with Crippen LogP contribution in [0.1, 0.15) is 49.4 Å². The van der Waals surface area contributed by atoms with Crippen LogP contribution in [-0.4, -0.2) is 15.9 Å². The van der Waals surface area contributed by atoms with E-state index in [0.29, 0.717) is 5.39 Å². The van der Waals surface area contributed by atoms with Gasteiger partial charge in [0.25, 0.3) is 5.56 Å². The van der Waals surface area contributed by atoms with Crippen LogP contribution in [0.25, 0.3) is 10.9 Å². The Bertz CT molecular complexity index is 1020. The molecule has 0 N–H and O–H groups in total. The molecule has 1 aliphatic rings. The van der Waals surface area contributed by atoms with E-state index in [9.17, 15) is 4.79 Å². The monoisotopic (exact) mass is 409 g/mol. The first-order valence-corrected chi connectivity index (χ1v) is 9.84. The summed E-state index contributed by atoms with van der Waals surface area (Å²) in [6, 6.07) is 15.4. The van der Waals surface area contributed by atoms with E-state index in [0.717, 1.165) is 34.2 Å². The normalized spacial score (nSPS) is 15.7. The van der Waals surface area contributed by atoms with Gasteiger partial charge in [0.05, 0.1) is 17.1 Å². The molecule has 1 heterocycles. The summed E-state index contributed by atoms with van der Waals surface area (Å²) in [4.78, 5) is 17.9. The maximum atomic E-state index is 13.1. The Balaban J connectivity index is 1.86. The quantitative estimate of drug-likeness (QED) is 0.565. The highest BCUT2D eigenvalue weighted by molar-refractivity contribution is 9.10. The average Bonchev–Trinajstić information content (AvgIpc) is 2.69. The number of para-hydroxylation sites is 1. The Labute approximate surface area is 160 Å². The third-order valence-electron chi connectivity index (χ3n) is 4.97. The van der Waals surface area contributed by atoms with Crippen LogP contribution in [0.5, 0.6) is 0 Å². The topological polar surface area (TPSA) is 47.2 Å². The summed E-state index contributed by atoms with van der Waals surface area (Å²) < 4.78 is 2.46. The van der Waals surface area contributed by atoms with Crippen molar-refractivity contribution >= 4 is 33.0 Å². The van der Waals surface area contributed by atoms with E-state index in [-0.39, 0.29) is 11.5 Å². The molecule has 132 valence electrons. The van der Waals surface area contributed by atoms with E-state index in [1.54, 1.807) is 6.21 Å². The van der Waals surface area contributed by atoms with Crippen molar-refractivity contribution in [3.63, 3.8) is 0 Å². The molecule has 1 aliphatic carbocycles. The van der Waals surface area contributed by atoms with Gasteiger partial charge < -0.3 is 0 Å². The first-order valence-electron chi connectivity index (χ1n) is 9.04. The second-order valence-electron chi connectivity index (χ2n) is 6.71. The lowest BCUT2D eigenvalue weighted by molar-refractivity contribution is 0.416. The number of fused-ring (bicyclic) bond motifs is 1. The van der Waals surface area contributed by atoms with E-state index in [4.69, 9.17) is 4.98 Å². The van der Waals surface area contributed by atoms with E-state index < -0.39 is 0 Å². The van der Waals surface area contributed by atoms with Crippen LogP contribution in [0.2, 0.25) is 0 Å². The van der Waals surface area contributed by atoms with E-state index in [1.165, 1.54) is 23.9 Å². The first kappa shape index (κ1) is 17.2. The van der Waals surface area contributed by atoms with Gasteiger partial charge >= 0.3 is 0 Å². The predicted octanol–water partition coefficient (Wildman–Crippen LogP) is 5.09. The second kappa shape index (κ2) is 7.54. The highest BCUT2D eigenvalue weighted by Crippen LogP contribution is 2.31. The smallest absolute Gasteiger partial charge is 0.267 e. The molecule has 0 aliphatic heterocycles. The molecule has 0 unspecified atom stereocenters. The third-order valence-corrected chi connectivity index (χ3v) is 5.69. The van der Waals surface area contributed by atoms with Crippen LogP contribution in [0.4, 0.5) is 0 Å². The molecule has 0 saturated heterocycles. The van der Waals surface area contributed by atoms with Crippen molar-refractivity contribution < 1.29 is 0 Å². The lowest BCUT2D eigenvalue weighted by atomic mass is 9.88. The molecule has 26 heavy (non-hydrogen) atoms. The number of nitrogens with zero attached hydrogens (tertiary/aromatic N) is 3. The highest BCUT2D eigenvalue weighted by atomic mass is 79.9. The van der Waals surface area contributed by atoms with Gasteiger partial charge in [0.2, 0.25) is 0 Å². The van der Waals surface area contributed by atoms with Gasteiger partial charge in [-0.15, -0.1) is 0 Å². The van der Waals surface area contributed by atoms with Crippen LogP contribution < -0.4 is 5.56 Å². The largest absolute Gasteiger partial charge is 0.282 e. The van der Waals surface area contributed by atoms with Gasteiger partial charge in [-0.2, -0.15) is 9.78 Å².